The van der Waals surface area contributed by atoms with Gasteiger partial charge in [0.2, 0.25) is 5.88 Å². The second-order valence-corrected chi connectivity index (χ2v) is 5.07. The molecule has 0 aliphatic heterocycles. The molecule has 0 unspecified atom stereocenters. The minimum Gasteiger partial charge on any atom is -0.439 e. The molecule has 2 aromatic carbocycles. The number of benzene rings is 2. The fourth-order valence-electron chi connectivity index (χ4n) is 1.87. The van der Waals surface area contributed by atoms with Gasteiger partial charge < -0.3 is 10.5 Å². The number of rotatable bonds is 2. The highest BCUT2D eigenvalue weighted by atomic mass is 79.9. The van der Waals surface area contributed by atoms with Gasteiger partial charge in [-0.15, -0.1) is 0 Å². The van der Waals surface area contributed by atoms with Gasteiger partial charge in [-0.05, 0) is 41.1 Å². The van der Waals surface area contributed by atoms with E-state index in [4.69, 9.17) is 10.5 Å². The molecule has 0 aliphatic carbocycles. The van der Waals surface area contributed by atoms with Gasteiger partial charge in [0, 0.05) is 10.5 Å². The molecule has 4 heteroatoms. The SMILES string of the molecule is Nc1cccc(Oc2ccc3cc(Br)ccc3c2)n1. The van der Waals surface area contributed by atoms with Crippen LogP contribution in [0, 0.1) is 0 Å². The number of halogens is 1. The summed E-state index contributed by atoms with van der Waals surface area (Å²) in [7, 11) is 0. The van der Waals surface area contributed by atoms with Crippen molar-refractivity contribution in [3.05, 3.63) is 59.1 Å². The summed E-state index contributed by atoms with van der Waals surface area (Å²) in [4.78, 5) is 4.11. The molecule has 19 heavy (non-hydrogen) atoms. The predicted octanol–water partition coefficient (Wildman–Crippen LogP) is 4.37. The molecule has 1 aromatic heterocycles. The molecule has 0 amide bonds. The lowest BCUT2D eigenvalue weighted by molar-refractivity contribution is 0.464. The highest BCUT2D eigenvalue weighted by molar-refractivity contribution is 9.10. The topological polar surface area (TPSA) is 48.1 Å². The average Bonchev–Trinajstić information content (AvgIpc) is 2.39. The van der Waals surface area contributed by atoms with E-state index in [1.54, 1.807) is 12.1 Å². The quantitative estimate of drug-likeness (QED) is 0.764. The molecule has 3 aromatic rings. The van der Waals surface area contributed by atoms with Crippen molar-refractivity contribution in [2.24, 2.45) is 0 Å². The Morgan fingerprint density at radius 1 is 0.947 bits per heavy atom. The first-order valence-corrected chi connectivity index (χ1v) is 6.60. The van der Waals surface area contributed by atoms with Crippen molar-refractivity contribution < 1.29 is 4.74 Å². The van der Waals surface area contributed by atoms with Crippen LogP contribution in [0.25, 0.3) is 10.8 Å². The molecule has 0 bridgehead atoms. The second kappa shape index (κ2) is 4.90. The Bertz CT molecular complexity index is 743. The molecule has 0 spiro atoms. The number of aromatic nitrogens is 1. The fraction of sp³-hybridized carbons (Fsp3) is 0. The predicted molar refractivity (Wildman–Crippen MR) is 80.4 cm³/mol. The lowest BCUT2D eigenvalue weighted by Gasteiger charge is -2.06. The zero-order chi connectivity index (χ0) is 13.2. The van der Waals surface area contributed by atoms with Gasteiger partial charge in [-0.25, -0.2) is 0 Å². The van der Waals surface area contributed by atoms with Gasteiger partial charge in [0.05, 0.1) is 0 Å². The van der Waals surface area contributed by atoms with Crippen molar-refractivity contribution in [1.29, 1.82) is 0 Å². The highest BCUT2D eigenvalue weighted by Gasteiger charge is 2.01. The smallest absolute Gasteiger partial charge is 0.221 e. The van der Waals surface area contributed by atoms with Crippen LogP contribution < -0.4 is 10.5 Å². The summed E-state index contributed by atoms with van der Waals surface area (Å²) >= 11 is 3.46. The Morgan fingerprint density at radius 3 is 2.58 bits per heavy atom. The molecule has 94 valence electrons. The minimum absolute atomic E-state index is 0.446. The van der Waals surface area contributed by atoms with Crippen LogP contribution in [0.1, 0.15) is 0 Å². The van der Waals surface area contributed by atoms with Crippen LogP contribution in [-0.2, 0) is 0 Å². The monoisotopic (exact) mass is 314 g/mol. The largest absolute Gasteiger partial charge is 0.439 e. The van der Waals surface area contributed by atoms with Gasteiger partial charge >= 0.3 is 0 Å². The van der Waals surface area contributed by atoms with Crippen LogP contribution in [0.5, 0.6) is 11.6 Å². The van der Waals surface area contributed by atoms with Crippen molar-refractivity contribution in [1.82, 2.24) is 4.98 Å². The number of anilines is 1. The number of ether oxygens (including phenoxy) is 1. The minimum atomic E-state index is 0.446. The standard InChI is InChI=1S/C15H11BrN2O/c16-12-6-4-11-9-13(7-5-10(11)8-12)19-15-3-1-2-14(17)18-15/h1-9H,(H2,17,18). The summed E-state index contributed by atoms with van der Waals surface area (Å²) in [5.74, 6) is 1.69. The Labute approximate surface area is 119 Å². The maximum Gasteiger partial charge on any atom is 0.221 e. The van der Waals surface area contributed by atoms with Gasteiger partial charge in [-0.1, -0.05) is 34.1 Å². The molecule has 0 radical (unpaired) electrons. The Kier molecular flexibility index (Phi) is 3.09. The van der Waals surface area contributed by atoms with Crippen LogP contribution in [0.15, 0.2) is 59.1 Å². The molecule has 2 N–H and O–H groups in total. The molecule has 3 rings (SSSR count). The zero-order valence-electron chi connectivity index (χ0n) is 10.0. The van der Waals surface area contributed by atoms with Crippen molar-refractivity contribution in [3.8, 4) is 11.6 Å². The van der Waals surface area contributed by atoms with Crippen molar-refractivity contribution in [3.63, 3.8) is 0 Å². The summed E-state index contributed by atoms with van der Waals surface area (Å²) in [6, 6.07) is 17.3. The molecule has 0 saturated heterocycles. The number of pyridine rings is 1. The van der Waals surface area contributed by atoms with Crippen molar-refractivity contribution >= 4 is 32.5 Å². The summed E-state index contributed by atoms with van der Waals surface area (Å²) in [6.07, 6.45) is 0. The molecule has 0 fully saturated rings. The van der Waals surface area contributed by atoms with E-state index in [9.17, 15) is 0 Å². The number of hydrogen-bond acceptors (Lipinski definition) is 3. The molecule has 3 nitrogen and oxygen atoms in total. The van der Waals surface area contributed by atoms with Crippen LogP contribution >= 0.6 is 15.9 Å². The Morgan fingerprint density at radius 2 is 1.74 bits per heavy atom. The van der Waals surface area contributed by atoms with E-state index in [0.29, 0.717) is 11.7 Å². The average molecular weight is 315 g/mol. The maximum absolute atomic E-state index is 5.69. The Hall–Kier alpha value is -2.07. The maximum atomic E-state index is 5.69. The lowest BCUT2D eigenvalue weighted by Crippen LogP contribution is -1.92. The molecular weight excluding hydrogens is 304 g/mol. The number of nitrogens with zero attached hydrogens (tertiary/aromatic N) is 1. The van der Waals surface area contributed by atoms with Gasteiger partial charge in [0.15, 0.2) is 0 Å². The number of hydrogen-bond donors (Lipinski definition) is 1. The highest BCUT2D eigenvalue weighted by Crippen LogP contribution is 2.26. The molecule has 1 heterocycles. The summed E-state index contributed by atoms with van der Waals surface area (Å²) in [5.41, 5.74) is 5.62. The van der Waals surface area contributed by atoms with Crippen LogP contribution in [0.4, 0.5) is 5.82 Å². The van der Waals surface area contributed by atoms with Gasteiger partial charge in [0.1, 0.15) is 11.6 Å². The van der Waals surface area contributed by atoms with E-state index < -0.39 is 0 Å². The van der Waals surface area contributed by atoms with E-state index in [1.807, 2.05) is 36.4 Å². The van der Waals surface area contributed by atoms with Crippen molar-refractivity contribution in [2.75, 3.05) is 5.73 Å². The van der Waals surface area contributed by atoms with Crippen LogP contribution in [0.3, 0.4) is 0 Å². The first-order chi connectivity index (χ1) is 9.20. The third kappa shape index (κ3) is 2.69. The molecule has 0 saturated carbocycles. The fourth-order valence-corrected chi connectivity index (χ4v) is 2.25. The van der Waals surface area contributed by atoms with E-state index >= 15 is 0 Å². The summed E-state index contributed by atoms with van der Waals surface area (Å²) in [5, 5.41) is 2.27. The molecule has 0 atom stereocenters. The van der Waals surface area contributed by atoms with Gasteiger partial charge in [-0.3, -0.25) is 0 Å². The lowest BCUT2D eigenvalue weighted by atomic mass is 10.1. The third-order valence-corrected chi connectivity index (χ3v) is 3.23. The van der Waals surface area contributed by atoms with E-state index in [1.165, 1.54) is 0 Å². The number of fused-ring (bicyclic) bond motifs is 1. The number of nitrogens with two attached hydrogens (primary N) is 1. The van der Waals surface area contributed by atoms with Gasteiger partial charge in [0.25, 0.3) is 0 Å². The molecular formula is C15H11BrN2O. The zero-order valence-corrected chi connectivity index (χ0v) is 11.6. The first kappa shape index (κ1) is 12.0. The van der Waals surface area contributed by atoms with E-state index in [0.717, 1.165) is 21.0 Å². The first-order valence-electron chi connectivity index (χ1n) is 5.80. The summed E-state index contributed by atoms with van der Waals surface area (Å²) in [6.45, 7) is 0. The van der Waals surface area contributed by atoms with Gasteiger partial charge in [-0.2, -0.15) is 4.98 Å². The molecule has 0 aliphatic rings. The van der Waals surface area contributed by atoms with E-state index in [-0.39, 0.29) is 0 Å². The van der Waals surface area contributed by atoms with Crippen molar-refractivity contribution in [2.45, 2.75) is 0 Å². The second-order valence-electron chi connectivity index (χ2n) is 4.16. The van der Waals surface area contributed by atoms with Crippen LogP contribution in [-0.4, -0.2) is 4.98 Å². The number of nitrogen functional groups attached to an aromatic ring is 1. The normalized spacial score (nSPS) is 10.6. The van der Waals surface area contributed by atoms with Crippen LogP contribution in [0.2, 0.25) is 0 Å². The summed E-state index contributed by atoms with van der Waals surface area (Å²) < 4.78 is 6.76. The van der Waals surface area contributed by atoms with E-state index in [2.05, 4.69) is 27.0 Å². The Balaban J connectivity index is 1.95. The third-order valence-electron chi connectivity index (χ3n) is 2.74.